The normalized spacial score (nSPS) is 10.8. The third-order valence-corrected chi connectivity index (χ3v) is 2.68. The van der Waals surface area contributed by atoms with E-state index in [-0.39, 0.29) is 12.4 Å². The molecule has 0 amide bonds. The van der Waals surface area contributed by atoms with E-state index in [1.807, 2.05) is 0 Å². The van der Waals surface area contributed by atoms with Gasteiger partial charge in [-0.1, -0.05) is 0 Å². The van der Waals surface area contributed by atoms with Crippen LogP contribution in [-0.4, -0.2) is 30.7 Å². The summed E-state index contributed by atoms with van der Waals surface area (Å²) < 4.78 is 1.28. The molecule has 0 fully saturated rings. The monoisotopic (exact) mass is 166 g/mol. The summed E-state index contributed by atoms with van der Waals surface area (Å²) in [6.45, 7) is 14.2. The van der Waals surface area contributed by atoms with Crippen molar-refractivity contribution in [2.45, 2.75) is 27.7 Å². The van der Waals surface area contributed by atoms with Gasteiger partial charge in [-0.15, -0.1) is 12.4 Å². The van der Waals surface area contributed by atoms with E-state index in [4.69, 9.17) is 0 Å². The second-order valence-corrected chi connectivity index (χ2v) is 2.61. The van der Waals surface area contributed by atoms with Crippen LogP contribution in [0.3, 0.4) is 0 Å². The van der Waals surface area contributed by atoms with Crippen LogP contribution in [0.5, 0.6) is 0 Å². The summed E-state index contributed by atoms with van der Waals surface area (Å²) in [5, 5.41) is 0. The average molecular weight is 167 g/mol. The van der Waals surface area contributed by atoms with E-state index in [1.54, 1.807) is 0 Å². The highest BCUT2D eigenvalue weighted by Crippen LogP contribution is 2.03. The summed E-state index contributed by atoms with van der Waals surface area (Å²) in [6, 6.07) is 0. The molecule has 0 aromatic heterocycles. The highest BCUT2D eigenvalue weighted by atomic mass is 35.5. The van der Waals surface area contributed by atoms with Gasteiger partial charge in [0.2, 0.25) is 0 Å². The van der Waals surface area contributed by atoms with Crippen molar-refractivity contribution < 1.29 is 4.48 Å². The van der Waals surface area contributed by atoms with Crippen LogP contribution >= 0.6 is 12.4 Å². The van der Waals surface area contributed by atoms with Crippen molar-refractivity contribution in [3.05, 3.63) is 0 Å². The molecule has 0 saturated heterocycles. The highest BCUT2D eigenvalue weighted by molar-refractivity contribution is 5.85. The molecule has 0 heterocycles. The molecule has 0 atom stereocenters. The van der Waals surface area contributed by atoms with Crippen LogP contribution in [0.15, 0.2) is 0 Å². The minimum atomic E-state index is 0. The molecule has 0 rings (SSSR count). The quantitative estimate of drug-likeness (QED) is 0.563. The van der Waals surface area contributed by atoms with Crippen molar-refractivity contribution in [3.63, 3.8) is 0 Å². The topological polar surface area (TPSA) is 0 Å². The maximum Gasteiger partial charge on any atom is 0.0757 e. The predicted molar refractivity (Wildman–Crippen MR) is 49.7 cm³/mol. The summed E-state index contributed by atoms with van der Waals surface area (Å²) in [4.78, 5) is 0. The lowest BCUT2D eigenvalue weighted by Gasteiger charge is -2.34. The van der Waals surface area contributed by atoms with Crippen molar-refractivity contribution in [1.29, 1.82) is 0 Å². The third-order valence-electron chi connectivity index (χ3n) is 2.68. The van der Waals surface area contributed by atoms with Gasteiger partial charge in [-0.25, -0.2) is 0 Å². The van der Waals surface area contributed by atoms with E-state index in [0.29, 0.717) is 0 Å². The first-order valence-corrected chi connectivity index (χ1v) is 4.09. The fraction of sp³-hybridized carbons (Fsp3) is 1.00. The SMILES string of the molecule is CC[N+](CC)(CC)CC.Cl. The Morgan fingerprint density at radius 2 is 0.900 bits per heavy atom. The molecule has 64 valence electrons. The van der Waals surface area contributed by atoms with Gasteiger partial charge in [0.25, 0.3) is 0 Å². The Kier molecular flexibility index (Phi) is 7.72. The summed E-state index contributed by atoms with van der Waals surface area (Å²) >= 11 is 0. The van der Waals surface area contributed by atoms with Gasteiger partial charge in [0.1, 0.15) is 0 Å². The molecule has 0 aliphatic heterocycles. The van der Waals surface area contributed by atoms with Crippen LogP contribution in [-0.2, 0) is 0 Å². The van der Waals surface area contributed by atoms with Crippen LogP contribution < -0.4 is 0 Å². The Morgan fingerprint density at radius 3 is 0.900 bits per heavy atom. The lowest BCUT2D eigenvalue weighted by Crippen LogP contribution is -2.47. The minimum absolute atomic E-state index is 0. The van der Waals surface area contributed by atoms with Crippen LogP contribution in [0.4, 0.5) is 0 Å². The molecular weight excluding hydrogens is 146 g/mol. The zero-order valence-electron chi connectivity index (χ0n) is 7.68. The zero-order chi connectivity index (χ0) is 7.33. The van der Waals surface area contributed by atoms with Crippen molar-refractivity contribution in [3.8, 4) is 0 Å². The smallest absolute Gasteiger partial charge is 0.0757 e. The number of rotatable bonds is 4. The van der Waals surface area contributed by atoms with Gasteiger partial charge in [0, 0.05) is 0 Å². The lowest BCUT2D eigenvalue weighted by atomic mass is 10.3. The van der Waals surface area contributed by atoms with Crippen molar-refractivity contribution in [2.24, 2.45) is 0 Å². The Labute approximate surface area is 71.4 Å². The summed E-state index contributed by atoms with van der Waals surface area (Å²) in [5.74, 6) is 0. The van der Waals surface area contributed by atoms with Gasteiger partial charge < -0.3 is 4.48 Å². The lowest BCUT2D eigenvalue weighted by molar-refractivity contribution is -0.921. The molecule has 0 radical (unpaired) electrons. The van der Waals surface area contributed by atoms with Crippen molar-refractivity contribution in [1.82, 2.24) is 0 Å². The predicted octanol–water partition coefficient (Wildman–Crippen LogP) is 2.30. The molecule has 0 spiro atoms. The molecule has 0 N–H and O–H groups in total. The summed E-state index contributed by atoms with van der Waals surface area (Å²) in [7, 11) is 0. The fourth-order valence-electron chi connectivity index (χ4n) is 1.34. The third kappa shape index (κ3) is 2.89. The molecule has 0 aliphatic rings. The van der Waals surface area contributed by atoms with Gasteiger partial charge in [0.15, 0.2) is 0 Å². The van der Waals surface area contributed by atoms with Gasteiger partial charge in [-0.3, -0.25) is 0 Å². The van der Waals surface area contributed by atoms with E-state index < -0.39 is 0 Å². The number of hydrogen-bond donors (Lipinski definition) is 0. The van der Waals surface area contributed by atoms with E-state index >= 15 is 0 Å². The van der Waals surface area contributed by atoms with Gasteiger partial charge in [-0.05, 0) is 27.7 Å². The standard InChI is InChI=1S/C8H20N.ClH/c1-5-9(6-2,7-3)8-4;/h5-8H2,1-4H3;1H/q+1;. The van der Waals surface area contributed by atoms with E-state index in [2.05, 4.69) is 27.7 Å². The molecule has 10 heavy (non-hydrogen) atoms. The van der Waals surface area contributed by atoms with E-state index in [1.165, 1.54) is 30.7 Å². The van der Waals surface area contributed by atoms with E-state index in [9.17, 15) is 0 Å². The van der Waals surface area contributed by atoms with E-state index in [0.717, 1.165) is 0 Å². The number of halogens is 1. The van der Waals surface area contributed by atoms with Crippen LogP contribution in [0.2, 0.25) is 0 Å². The van der Waals surface area contributed by atoms with Crippen LogP contribution in [0.1, 0.15) is 27.7 Å². The Hall–Kier alpha value is 0.250. The minimum Gasteiger partial charge on any atom is -0.325 e. The second-order valence-electron chi connectivity index (χ2n) is 2.61. The molecule has 0 unspecified atom stereocenters. The van der Waals surface area contributed by atoms with Crippen LogP contribution in [0.25, 0.3) is 0 Å². The Balaban J connectivity index is 0. The second kappa shape index (κ2) is 5.99. The average Bonchev–Trinajstić information content (AvgIpc) is 1.95. The molecule has 0 aliphatic carbocycles. The molecule has 0 saturated carbocycles. The fourth-order valence-corrected chi connectivity index (χ4v) is 1.34. The molecule has 0 aromatic rings. The summed E-state index contributed by atoms with van der Waals surface area (Å²) in [5.41, 5.74) is 0. The number of quaternary nitrogens is 1. The summed E-state index contributed by atoms with van der Waals surface area (Å²) in [6.07, 6.45) is 0. The van der Waals surface area contributed by atoms with Crippen molar-refractivity contribution in [2.75, 3.05) is 26.2 Å². The first-order chi connectivity index (χ1) is 4.24. The highest BCUT2D eigenvalue weighted by Gasteiger charge is 2.16. The maximum atomic E-state index is 2.27. The van der Waals surface area contributed by atoms with Gasteiger partial charge in [-0.2, -0.15) is 0 Å². The molecule has 0 bridgehead atoms. The Morgan fingerprint density at radius 1 is 0.700 bits per heavy atom. The van der Waals surface area contributed by atoms with Gasteiger partial charge in [0.05, 0.1) is 26.2 Å². The first-order valence-electron chi connectivity index (χ1n) is 4.09. The van der Waals surface area contributed by atoms with Crippen LogP contribution in [0, 0.1) is 0 Å². The molecule has 0 aromatic carbocycles. The zero-order valence-corrected chi connectivity index (χ0v) is 8.50. The number of hydrogen-bond acceptors (Lipinski definition) is 0. The molecule has 2 heteroatoms. The van der Waals surface area contributed by atoms with Gasteiger partial charge >= 0.3 is 0 Å². The Bertz CT molecular complexity index is 52.1. The molecule has 1 nitrogen and oxygen atoms in total. The van der Waals surface area contributed by atoms with Crippen molar-refractivity contribution >= 4 is 12.4 Å². The maximum absolute atomic E-state index is 2.27. The number of nitrogens with zero attached hydrogens (tertiary/aromatic N) is 1. The first kappa shape index (κ1) is 12.9. The molecular formula is C8H21ClN+. The largest absolute Gasteiger partial charge is 0.325 e.